The fourth-order valence-electron chi connectivity index (χ4n) is 1.26. The molecule has 2 aromatic heterocycles. The van der Waals surface area contributed by atoms with E-state index in [2.05, 4.69) is 10.3 Å². The molecule has 0 aliphatic carbocycles. The zero-order chi connectivity index (χ0) is 12.4. The summed E-state index contributed by atoms with van der Waals surface area (Å²) in [7, 11) is 0. The first kappa shape index (κ1) is 12.0. The standard InChI is InChI=1S/C11H8Cl2N2O2/c1-6-4-7(10(13)14-5-6)15-11(16)8-2-3-9(12)17-8/h2-5H,1H3,(H,15,16). The summed E-state index contributed by atoms with van der Waals surface area (Å²) in [6.07, 6.45) is 1.61. The van der Waals surface area contributed by atoms with Crippen LogP contribution in [0.2, 0.25) is 10.4 Å². The first-order valence-electron chi connectivity index (χ1n) is 4.75. The van der Waals surface area contributed by atoms with Gasteiger partial charge in [0.1, 0.15) is 0 Å². The Balaban J connectivity index is 2.21. The second kappa shape index (κ2) is 4.77. The molecule has 0 radical (unpaired) electrons. The molecule has 88 valence electrons. The highest BCUT2D eigenvalue weighted by molar-refractivity contribution is 6.32. The van der Waals surface area contributed by atoms with Gasteiger partial charge in [0.25, 0.3) is 5.91 Å². The van der Waals surface area contributed by atoms with E-state index in [-0.39, 0.29) is 16.1 Å². The van der Waals surface area contributed by atoms with Gasteiger partial charge in [0, 0.05) is 6.20 Å². The van der Waals surface area contributed by atoms with E-state index in [1.54, 1.807) is 12.3 Å². The first-order valence-corrected chi connectivity index (χ1v) is 5.50. The van der Waals surface area contributed by atoms with E-state index in [1.165, 1.54) is 12.1 Å². The second-order valence-corrected chi connectivity index (χ2v) is 4.14. The smallest absolute Gasteiger partial charge is 0.291 e. The molecule has 6 heteroatoms. The predicted octanol–water partition coefficient (Wildman–Crippen LogP) is 3.54. The Bertz CT molecular complexity index is 566. The summed E-state index contributed by atoms with van der Waals surface area (Å²) in [6.45, 7) is 1.85. The number of hydrogen-bond acceptors (Lipinski definition) is 3. The van der Waals surface area contributed by atoms with Crippen LogP contribution in [-0.4, -0.2) is 10.9 Å². The third-order valence-electron chi connectivity index (χ3n) is 2.02. The molecule has 0 spiro atoms. The number of rotatable bonds is 2. The van der Waals surface area contributed by atoms with Crippen molar-refractivity contribution in [3.05, 3.63) is 46.1 Å². The molecule has 1 N–H and O–H groups in total. The van der Waals surface area contributed by atoms with Crippen LogP contribution in [0.5, 0.6) is 0 Å². The molecule has 0 fully saturated rings. The molecule has 2 heterocycles. The van der Waals surface area contributed by atoms with Crippen LogP contribution in [0.3, 0.4) is 0 Å². The number of carbonyl (C=O) groups excluding carboxylic acids is 1. The number of anilines is 1. The normalized spacial score (nSPS) is 10.3. The minimum absolute atomic E-state index is 0.118. The fourth-order valence-corrected chi connectivity index (χ4v) is 1.56. The lowest BCUT2D eigenvalue weighted by molar-refractivity contribution is 0.0996. The third-order valence-corrected chi connectivity index (χ3v) is 2.53. The molecule has 0 bridgehead atoms. The maximum atomic E-state index is 11.7. The van der Waals surface area contributed by atoms with Crippen LogP contribution in [0.25, 0.3) is 0 Å². The SMILES string of the molecule is Cc1cnc(Cl)c(NC(=O)c2ccc(Cl)o2)c1. The van der Waals surface area contributed by atoms with Gasteiger partial charge in [-0.2, -0.15) is 0 Å². The highest BCUT2D eigenvalue weighted by Crippen LogP contribution is 2.21. The van der Waals surface area contributed by atoms with E-state index in [9.17, 15) is 4.79 Å². The fraction of sp³-hybridized carbons (Fsp3) is 0.0909. The number of pyridine rings is 1. The van der Waals surface area contributed by atoms with Gasteiger partial charge in [-0.1, -0.05) is 11.6 Å². The summed E-state index contributed by atoms with van der Waals surface area (Å²) in [5.74, 6) is -0.307. The summed E-state index contributed by atoms with van der Waals surface area (Å²) in [5, 5.41) is 2.97. The van der Waals surface area contributed by atoms with Crippen molar-refractivity contribution in [2.24, 2.45) is 0 Å². The maximum absolute atomic E-state index is 11.7. The molecule has 2 rings (SSSR count). The number of amides is 1. The van der Waals surface area contributed by atoms with Crippen molar-refractivity contribution >= 4 is 34.8 Å². The molecule has 2 aromatic rings. The van der Waals surface area contributed by atoms with Crippen molar-refractivity contribution in [1.82, 2.24) is 4.98 Å². The predicted molar refractivity (Wildman–Crippen MR) is 65.7 cm³/mol. The van der Waals surface area contributed by atoms with Gasteiger partial charge in [-0.05, 0) is 42.3 Å². The van der Waals surface area contributed by atoms with Crippen molar-refractivity contribution < 1.29 is 9.21 Å². The Hall–Kier alpha value is -1.52. The molecule has 0 saturated heterocycles. The molecule has 0 aliphatic heterocycles. The Morgan fingerprint density at radius 1 is 1.41 bits per heavy atom. The third kappa shape index (κ3) is 2.78. The summed E-state index contributed by atoms with van der Waals surface area (Å²) < 4.78 is 4.98. The molecule has 0 aromatic carbocycles. The van der Waals surface area contributed by atoms with Crippen LogP contribution in [0.15, 0.2) is 28.8 Å². The summed E-state index contributed by atoms with van der Waals surface area (Å²) >= 11 is 11.4. The van der Waals surface area contributed by atoms with Crippen molar-refractivity contribution in [2.45, 2.75) is 6.92 Å². The Labute approximate surface area is 108 Å². The maximum Gasteiger partial charge on any atom is 0.291 e. The highest BCUT2D eigenvalue weighted by Gasteiger charge is 2.12. The van der Waals surface area contributed by atoms with Crippen molar-refractivity contribution in [3.63, 3.8) is 0 Å². The zero-order valence-corrected chi connectivity index (χ0v) is 10.3. The number of halogens is 2. The second-order valence-electron chi connectivity index (χ2n) is 3.41. The molecule has 0 saturated carbocycles. The highest BCUT2D eigenvalue weighted by atomic mass is 35.5. The van der Waals surface area contributed by atoms with E-state index in [4.69, 9.17) is 27.6 Å². The number of aromatic nitrogens is 1. The molecular weight excluding hydrogens is 263 g/mol. The van der Waals surface area contributed by atoms with Gasteiger partial charge in [-0.3, -0.25) is 4.79 Å². The van der Waals surface area contributed by atoms with E-state index in [0.29, 0.717) is 5.69 Å². The zero-order valence-electron chi connectivity index (χ0n) is 8.83. The number of carbonyl (C=O) groups is 1. The van der Waals surface area contributed by atoms with Crippen LogP contribution in [0, 0.1) is 6.92 Å². The lowest BCUT2D eigenvalue weighted by Crippen LogP contribution is -2.11. The van der Waals surface area contributed by atoms with Gasteiger partial charge < -0.3 is 9.73 Å². The minimum Gasteiger partial charge on any atom is -0.440 e. The summed E-state index contributed by atoms with van der Waals surface area (Å²) in [6, 6.07) is 4.69. The summed E-state index contributed by atoms with van der Waals surface area (Å²) in [4.78, 5) is 15.7. The van der Waals surface area contributed by atoms with Gasteiger partial charge in [0.2, 0.25) is 0 Å². The van der Waals surface area contributed by atoms with Crippen LogP contribution in [0.1, 0.15) is 16.1 Å². The molecule has 17 heavy (non-hydrogen) atoms. The van der Waals surface area contributed by atoms with Crippen LogP contribution in [0.4, 0.5) is 5.69 Å². The number of furan rings is 1. The Kier molecular flexibility index (Phi) is 3.36. The van der Waals surface area contributed by atoms with Crippen molar-refractivity contribution in [2.75, 3.05) is 5.32 Å². The molecular formula is C11H8Cl2N2O2. The van der Waals surface area contributed by atoms with Crippen LogP contribution in [-0.2, 0) is 0 Å². The topological polar surface area (TPSA) is 55.1 Å². The van der Waals surface area contributed by atoms with Crippen LogP contribution >= 0.6 is 23.2 Å². The first-order chi connectivity index (χ1) is 8.06. The minimum atomic E-state index is -0.425. The van der Waals surface area contributed by atoms with Gasteiger partial charge in [-0.25, -0.2) is 4.98 Å². The molecule has 1 amide bonds. The summed E-state index contributed by atoms with van der Waals surface area (Å²) in [5.41, 5.74) is 1.33. The number of nitrogens with one attached hydrogen (secondary N) is 1. The largest absolute Gasteiger partial charge is 0.440 e. The van der Waals surface area contributed by atoms with Gasteiger partial charge >= 0.3 is 0 Å². The van der Waals surface area contributed by atoms with E-state index in [0.717, 1.165) is 5.56 Å². The molecule has 0 unspecified atom stereocenters. The Morgan fingerprint density at radius 3 is 2.82 bits per heavy atom. The average molecular weight is 271 g/mol. The van der Waals surface area contributed by atoms with E-state index in [1.807, 2.05) is 6.92 Å². The average Bonchev–Trinajstić information content (AvgIpc) is 2.70. The lowest BCUT2D eigenvalue weighted by Gasteiger charge is -2.05. The quantitative estimate of drug-likeness (QED) is 0.850. The Morgan fingerprint density at radius 2 is 2.18 bits per heavy atom. The number of nitrogens with zero attached hydrogens (tertiary/aromatic N) is 1. The van der Waals surface area contributed by atoms with Crippen molar-refractivity contribution in [3.8, 4) is 0 Å². The van der Waals surface area contributed by atoms with Crippen LogP contribution < -0.4 is 5.32 Å². The van der Waals surface area contributed by atoms with Gasteiger partial charge in [0.15, 0.2) is 16.1 Å². The van der Waals surface area contributed by atoms with Crippen molar-refractivity contribution in [1.29, 1.82) is 0 Å². The monoisotopic (exact) mass is 270 g/mol. The molecule has 0 aliphatic rings. The lowest BCUT2D eigenvalue weighted by atomic mass is 10.3. The van der Waals surface area contributed by atoms with E-state index >= 15 is 0 Å². The molecule has 4 nitrogen and oxygen atoms in total. The number of aryl methyl sites for hydroxylation is 1. The van der Waals surface area contributed by atoms with Gasteiger partial charge in [-0.15, -0.1) is 0 Å². The number of hydrogen-bond donors (Lipinski definition) is 1. The molecule has 0 atom stereocenters. The van der Waals surface area contributed by atoms with Gasteiger partial charge in [0.05, 0.1) is 5.69 Å². The van der Waals surface area contributed by atoms with E-state index < -0.39 is 5.91 Å².